The Morgan fingerprint density at radius 1 is 1.00 bits per heavy atom. The third-order valence-electron chi connectivity index (χ3n) is 5.84. The average molecular weight is 466 g/mol. The molecule has 0 atom stereocenters. The summed E-state index contributed by atoms with van der Waals surface area (Å²) >= 11 is 0. The van der Waals surface area contributed by atoms with Gasteiger partial charge in [0.1, 0.15) is 6.54 Å². The van der Waals surface area contributed by atoms with Gasteiger partial charge in [0.2, 0.25) is 5.91 Å². The van der Waals surface area contributed by atoms with Crippen LogP contribution in [0.1, 0.15) is 31.2 Å². The number of nitrogens with one attached hydrogen (secondary N) is 1. The molecule has 1 aliphatic heterocycles. The second-order valence-electron chi connectivity index (χ2n) is 8.12. The highest BCUT2D eigenvalue weighted by Crippen LogP contribution is 2.33. The molecule has 0 radical (unpaired) electrons. The molecule has 2 fully saturated rings. The third kappa shape index (κ3) is 5.52. The van der Waals surface area contributed by atoms with Gasteiger partial charge in [-0.25, -0.2) is 0 Å². The van der Waals surface area contributed by atoms with Crippen LogP contribution in [0, 0.1) is 0 Å². The zero-order valence-electron chi connectivity index (χ0n) is 17.0. The molecular weight excluding hydrogens is 442 g/mol. The SMILES string of the molecule is NC1CCC(N(C(=O)CN(C(=O)C(F)(F)F)c2cccc(C(F)(F)F)c2)C2CNC2)CC1. The van der Waals surface area contributed by atoms with E-state index in [9.17, 15) is 35.9 Å². The average Bonchev–Trinajstić information content (AvgIpc) is 2.67. The van der Waals surface area contributed by atoms with E-state index in [1.54, 1.807) is 0 Å². The monoisotopic (exact) mass is 466 g/mol. The molecule has 3 rings (SSSR count). The lowest BCUT2D eigenvalue weighted by atomic mass is 9.89. The van der Waals surface area contributed by atoms with Crippen LogP contribution in [0.5, 0.6) is 0 Å². The van der Waals surface area contributed by atoms with Gasteiger partial charge < -0.3 is 16.0 Å². The van der Waals surface area contributed by atoms with Gasteiger partial charge in [-0.2, -0.15) is 26.3 Å². The van der Waals surface area contributed by atoms with E-state index in [2.05, 4.69) is 5.32 Å². The van der Waals surface area contributed by atoms with Crippen molar-refractivity contribution in [1.82, 2.24) is 10.2 Å². The summed E-state index contributed by atoms with van der Waals surface area (Å²) < 4.78 is 78.9. The Balaban J connectivity index is 1.89. The van der Waals surface area contributed by atoms with Crippen molar-refractivity contribution >= 4 is 17.5 Å². The van der Waals surface area contributed by atoms with Crippen molar-refractivity contribution in [3.05, 3.63) is 29.8 Å². The number of carbonyl (C=O) groups is 2. The van der Waals surface area contributed by atoms with Gasteiger partial charge in [0, 0.05) is 30.9 Å². The molecule has 0 aromatic heterocycles. The number of alkyl halides is 6. The minimum Gasteiger partial charge on any atom is -0.333 e. The van der Waals surface area contributed by atoms with Gasteiger partial charge in [-0.15, -0.1) is 0 Å². The number of amides is 2. The fourth-order valence-corrected chi connectivity index (χ4v) is 4.06. The van der Waals surface area contributed by atoms with Crippen molar-refractivity contribution in [3.63, 3.8) is 0 Å². The van der Waals surface area contributed by atoms with Crippen molar-refractivity contribution in [2.75, 3.05) is 24.5 Å². The summed E-state index contributed by atoms with van der Waals surface area (Å²) in [5.74, 6) is -3.14. The van der Waals surface area contributed by atoms with Gasteiger partial charge in [-0.05, 0) is 43.9 Å². The lowest BCUT2D eigenvalue weighted by molar-refractivity contribution is -0.171. The summed E-state index contributed by atoms with van der Waals surface area (Å²) in [4.78, 5) is 26.8. The first-order valence-corrected chi connectivity index (χ1v) is 10.2. The molecule has 1 aliphatic carbocycles. The van der Waals surface area contributed by atoms with Gasteiger partial charge in [0.05, 0.1) is 11.6 Å². The second kappa shape index (κ2) is 9.26. The third-order valence-corrected chi connectivity index (χ3v) is 5.84. The van der Waals surface area contributed by atoms with Gasteiger partial charge in [0.15, 0.2) is 0 Å². The summed E-state index contributed by atoms with van der Waals surface area (Å²) in [5.41, 5.74) is 4.04. The molecule has 178 valence electrons. The molecule has 0 spiro atoms. The molecule has 2 amide bonds. The van der Waals surface area contributed by atoms with Crippen molar-refractivity contribution in [2.24, 2.45) is 5.73 Å². The van der Waals surface area contributed by atoms with Crippen LogP contribution in [0.25, 0.3) is 0 Å². The molecule has 0 bridgehead atoms. The maximum absolute atomic E-state index is 13.2. The second-order valence-corrected chi connectivity index (χ2v) is 8.12. The van der Waals surface area contributed by atoms with E-state index in [1.165, 1.54) is 4.90 Å². The molecule has 0 unspecified atom stereocenters. The number of nitrogens with two attached hydrogens (primary N) is 1. The van der Waals surface area contributed by atoms with Crippen LogP contribution in [0.3, 0.4) is 0 Å². The van der Waals surface area contributed by atoms with Crippen LogP contribution in [0.4, 0.5) is 32.0 Å². The van der Waals surface area contributed by atoms with Gasteiger partial charge >= 0.3 is 18.3 Å². The van der Waals surface area contributed by atoms with Crippen LogP contribution >= 0.6 is 0 Å². The summed E-state index contributed by atoms with van der Waals surface area (Å²) in [6.07, 6.45) is -7.76. The number of halogens is 6. The molecule has 6 nitrogen and oxygen atoms in total. The van der Waals surface area contributed by atoms with Gasteiger partial charge in [-0.3, -0.25) is 14.5 Å². The first-order chi connectivity index (χ1) is 14.9. The Hall–Kier alpha value is -2.34. The van der Waals surface area contributed by atoms with E-state index >= 15 is 0 Å². The van der Waals surface area contributed by atoms with Crippen LogP contribution < -0.4 is 16.0 Å². The number of rotatable bonds is 5. The number of hydrogen-bond acceptors (Lipinski definition) is 4. The van der Waals surface area contributed by atoms with E-state index in [-0.39, 0.29) is 23.0 Å². The fourth-order valence-electron chi connectivity index (χ4n) is 4.06. The number of carbonyl (C=O) groups excluding carboxylic acids is 2. The molecule has 12 heteroatoms. The number of benzene rings is 1. The zero-order chi connectivity index (χ0) is 23.7. The molecule has 2 aliphatic rings. The Morgan fingerprint density at radius 3 is 2.12 bits per heavy atom. The topological polar surface area (TPSA) is 78.7 Å². The number of hydrogen-bond donors (Lipinski definition) is 2. The Morgan fingerprint density at radius 2 is 1.62 bits per heavy atom. The number of anilines is 1. The van der Waals surface area contributed by atoms with E-state index < -0.39 is 42.0 Å². The van der Waals surface area contributed by atoms with Crippen LogP contribution in [-0.4, -0.2) is 60.7 Å². The lowest BCUT2D eigenvalue weighted by Gasteiger charge is -2.45. The van der Waals surface area contributed by atoms with Crippen molar-refractivity contribution < 1.29 is 35.9 Å². The molecule has 1 heterocycles. The smallest absolute Gasteiger partial charge is 0.333 e. The maximum Gasteiger partial charge on any atom is 0.471 e. The minimum atomic E-state index is -5.37. The van der Waals surface area contributed by atoms with Crippen LogP contribution in [-0.2, 0) is 15.8 Å². The van der Waals surface area contributed by atoms with Gasteiger partial charge in [0.25, 0.3) is 0 Å². The van der Waals surface area contributed by atoms with Crippen LogP contribution in [0.15, 0.2) is 24.3 Å². The summed E-state index contributed by atoms with van der Waals surface area (Å²) in [6.45, 7) is -0.116. The molecule has 3 N–H and O–H groups in total. The highest BCUT2D eigenvalue weighted by molar-refractivity contribution is 6.01. The molecule has 1 saturated heterocycles. The predicted molar refractivity (Wildman–Crippen MR) is 104 cm³/mol. The van der Waals surface area contributed by atoms with Gasteiger partial charge in [-0.1, -0.05) is 6.07 Å². The lowest BCUT2D eigenvalue weighted by Crippen LogP contribution is -2.64. The van der Waals surface area contributed by atoms with Crippen molar-refractivity contribution in [2.45, 2.75) is 56.2 Å². The normalized spacial score (nSPS) is 22.2. The highest BCUT2D eigenvalue weighted by atomic mass is 19.4. The molecule has 1 aromatic carbocycles. The first-order valence-electron chi connectivity index (χ1n) is 10.2. The van der Waals surface area contributed by atoms with Crippen molar-refractivity contribution in [3.8, 4) is 0 Å². The van der Waals surface area contributed by atoms with E-state index in [1.807, 2.05) is 0 Å². The summed E-state index contributed by atoms with van der Waals surface area (Å²) in [6, 6.07) is 2.43. The Kier molecular flexibility index (Phi) is 7.03. The molecule has 32 heavy (non-hydrogen) atoms. The Bertz CT molecular complexity index is 832. The van der Waals surface area contributed by atoms with E-state index in [0.29, 0.717) is 50.9 Å². The first kappa shape index (κ1) is 24.3. The van der Waals surface area contributed by atoms with Crippen LogP contribution in [0.2, 0.25) is 0 Å². The predicted octanol–water partition coefficient (Wildman–Crippen LogP) is 2.67. The maximum atomic E-state index is 13.2. The fraction of sp³-hybridized carbons (Fsp3) is 0.600. The quantitative estimate of drug-likeness (QED) is 0.655. The summed E-state index contributed by atoms with van der Waals surface area (Å²) in [7, 11) is 0. The van der Waals surface area contributed by atoms with Crippen molar-refractivity contribution in [1.29, 1.82) is 0 Å². The Labute approximate surface area is 180 Å². The largest absolute Gasteiger partial charge is 0.471 e. The minimum absolute atomic E-state index is 0.0175. The number of nitrogens with zero attached hydrogens (tertiary/aromatic N) is 2. The molecular formula is C20H24F6N4O2. The van der Waals surface area contributed by atoms with E-state index in [0.717, 1.165) is 12.1 Å². The van der Waals surface area contributed by atoms with E-state index in [4.69, 9.17) is 5.73 Å². The molecule has 1 saturated carbocycles. The highest BCUT2D eigenvalue weighted by Gasteiger charge is 2.45. The standard InChI is InChI=1S/C20H24F6N4O2/c21-19(22,23)12-2-1-3-15(8-12)29(18(32)20(24,25)26)11-17(31)30(16-9-28-10-16)14-6-4-13(27)5-7-14/h1-3,8,13-14,16,28H,4-7,9-11,27H2. The summed E-state index contributed by atoms with van der Waals surface area (Å²) in [5, 5.41) is 3.00. The molecule has 1 aromatic rings. The zero-order valence-corrected chi connectivity index (χ0v) is 17.0.